The van der Waals surface area contributed by atoms with Crippen molar-refractivity contribution in [3.8, 4) is 0 Å². The first-order valence-corrected chi connectivity index (χ1v) is 11.9. The van der Waals surface area contributed by atoms with E-state index in [1.165, 1.54) is 0 Å². The monoisotopic (exact) mass is 485 g/mol. The minimum absolute atomic E-state index is 0.310. The van der Waals surface area contributed by atoms with Crippen molar-refractivity contribution in [1.29, 1.82) is 0 Å². The summed E-state index contributed by atoms with van der Waals surface area (Å²) in [6.07, 6.45) is 0. The molecule has 0 unspecified atom stereocenters. The maximum Gasteiger partial charge on any atom is 0.243 e. The summed E-state index contributed by atoms with van der Waals surface area (Å²) in [5, 5.41) is 5.57. The summed E-state index contributed by atoms with van der Waals surface area (Å²) in [5.41, 5.74) is 2.70. The molecule has 3 heterocycles. The Morgan fingerprint density at radius 2 is 1.73 bits per heavy atom. The third-order valence-corrected chi connectivity index (χ3v) is 7.77. The van der Waals surface area contributed by atoms with Gasteiger partial charge in [-0.15, -0.1) is 0 Å². The molecule has 0 radical (unpaired) electrons. The van der Waals surface area contributed by atoms with E-state index in [0.29, 0.717) is 31.1 Å². The standard InChI is InChI=1S/C21H20BrN5O2S/c1-15-13-20-23-21(18-7-2-3-8-19(18)27(20)24-15)25-9-11-26(12-10-25)30(28,29)17-6-4-5-16(22)14-17/h2-8,13-14H,9-12H2,1H3. The Morgan fingerprint density at radius 3 is 2.50 bits per heavy atom. The number of aryl methyl sites for hydroxylation is 1. The number of hydrogen-bond acceptors (Lipinski definition) is 5. The van der Waals surface area contributed by atoms with Crippen LogP contribution in [0.3, 0.4) is 0 Å². The van der Waals surface area contributed by atoms with Crippen LogP contribution in [-0.4, -0.2) is 53.5 Å². The van der Waals surface area contributed by atoms with E-state index in [-0.39, 0.29) is 0 Å². The van der Waals surface area contributed by atoms with Crippen LogP contribution in [-0.2, 0) is 10.0 Å². The van der Waals surface area contributed by atoms with Gasteiger partial charge in [0.05, 0.1) is 16.1 Å². The molecule has 5 rings (SSSR count). The zero-order valence-electron chi connectivity index (χ0n) is 16.4. The predicted octanol–water partition coefficient (Wildman–Crippen LogP) is 3.46. The Morgan fingerprint density at radius 1 is 0.967 bits per heavy atom. The van der Waals surface area contributed by atoms with E-state index in [0.717, 1.165) is 32.5 Å². The molecule has 4 aromatic rings. The lowest BCUT2D eigenvalue weighted by atomic mass is 10.2. The van der Waals surface area contributed by atoms with Gasteiger partial charge in [-0.25, -0.2) is 17.9 Å². The number of nitrogens with zero attached hydrogens (tertiary/aromatic N) is 5. The first-order valence-electron chi connectivity index (χ1n) is 9.69. The number of hydrogen-bond donors (Lipinski definition) is 0. The van der Waals surface area contributed by atoms with E-state index in [4.69, 9.17) is 4.98 Å². The van der Waals surface area contributed by atoms with Crippen molar-refractivity contribution >= 4 is 48.3 Å². The number of halogens is 1. The Balaban J connectivity index is 1.46. The summed E-state index contributed by atoms with van der Waals surface area (Å²) in [7, 11) is -3.52. The third-order valence-electron chi connectivity index (χ3n) is 5.38. The zero-order valence-corrected chi connectivity index (χ0v) is 18.8. The number of para-hydroxylation sites is 1. The van der Waals surface area contributed by atoms with Crippen molar-refractivity contribution in [3.63, 3.8) is 0 Å². The molecule has 154 valence electrons. The molecule has 2 aromatic carbocycles. The maximum absolute atomic E-state index is 13.0. The summed E-state index contributed by atoms with van der Waals surface area (Å²) in [5.74, 6) is 0.873. The Labute approximate surface area is 183 Å². The highest BCUT2D eigenvalue weighted by atomic mass is 79.9. The van der Waals surface area contributed by atoms with E-state index >= 15 is 0 Å². The average molecular weight is 486 g/mol. The van der Waals surface area contributed by atoms with Crippen LogP contribution < -0.4 is 4.90 Å². The van der Waals surface area contributed by atoms with Crippen LogP contribution in [0.4, 0.5) is 5.82 Å². The zero-order chi connectivity index (χ0) is 20.9. The predicted molar refractivity (Wildman–Crippen MR) is 120 cm³/mol. The quantitative estimate of drug-likeness (QED) is 0.444. The molecule has 0 spiro atoms. The molecule has 0 saturated carbocycles. The topological polar surface area (TPSA) is 70.8 Å². The first-order chi connectivity index (χ1) is 14.4. The van der Waals surface area contributed by atoms with Gasteiger partial charge in [0.15, 0.2) is 5.65 Å². The summed E-state index contributed by atoms with van der Waals surface area (Å²) in [6, 6.07) is 16.9. The number of aromatic nitrogens is 3. The lowest BCUT2D eigenvalue weighted by Gasteiger charge is -2.35. The second kappa shape index (κ2) is 7.33. The van der Waals surface area contributed by atoms with Crippen molar-refractivity contribution in [1.82, 2.24) is 18.9 Å². The Hall–Kier alpha value is -2.49. The maximum atomic E-state index is 13.0. The fraction of sp³-hybridized carbons (Fsp3) is 0.238. The molecule has 0 atom stereocenters. The van der Waals surface area contributed by atoms with Gasteiger partial charge in [-0.1, -0.05) is 34.1 Å². The lowest BCUT2D eigenvalue weighted by molar-refractivity contribution is 0.384. The number of benzene rings is 2. The summed E-state index contributed by atoms with van der Waals surface area (Å²) in [4.78, 5) is 7.33. The van der Waals surface area contributed by atoms with E-state index in [9.17, 15) is 8.42 Å². The van der Waals surface area contributed by atoms with Crippen LogP contribution >= 0.6 is 15.9 Å². The van der Waals surface area contributed by atoms with E-state index < -0.39 is 10.0 Å². The molecule has 30 heavy (non-hydrogen) atoms. The lowest BCUT2D eigenvalue weighted by Crippen LogP contribution is -2.49. The molecule has 0 amide bonds. The largest absolute Gasteiger partial charge is 0.353 e. The number of anilines is 1. The van der Waals surface area contributed by atoms with Crippen LogP contribution in [0.5, 0.6) is 0 Å². The van der Waals surface area contributed by atoms with E-state index in [1.54, 1.807) is 22.5 Å². The molecule has 0 aliphatic carbocycles. The van der Waals surface area contributed by atoms with Crippen LogP contribution in [0.15, 0.2) is 64.0 Å². The molecule has 0 bridgehead atoms. The second-order valence-electron chi connectivity index (χ2n) is 7.36. The van der Waals surface area contributed by atoms with Gasteiger partial charge in [-0.05, 0) is 37.3 Å². The van der Waals surface area contributed by atoms with E-state index in [1.807, 2.05) is 47.8 Å². The van der Waals surface area contributed by atoms with Gasteiger partial charge in [0.1, 0.15) is 5.82 Å². The number of piperazine rings is 1. The van der Waals surface area contributed by atoms with Crippen LogP contribution in [0.2, 0.25) is 0 Å². The molecule has 1 aliphatic heterocycles. The first kappa shape index (κ1) is 19.5. The average Bonchev–Trinajstić information content (AvgIpc) is 3.14. The van der Waals surface area contributed by atoms with E-state index in [2.05, 4.69) is 25.9 Å². The second-order valence-corrected chi connectivity index (χ2v) is 10.2. The van der Waals surface area contributed by atoms with Gasteiger partial charge in [-0.3, -0.25) is 0 Å². The number of sulfonamides is 1. The molecular weight excluding hydrogens is 466 g/mol. The highest BCUT2D eigenvalue weighted by molar-refractivity contribution is 9.10. The fourth-order valence-electron chi connectivity index (χ4n) is 3.92. The van der Waals surface area contributed by atoms with Crippen LogP contribution in [0.1, 0.15) is 5.69 Å². The van der Waals surface area contributed by atoms with Crippen molar-refractivity contribution in [2.24, 2.45) is 0 Å². The van der Waals surface area contributed by atoms with Gasteiger partial charge >= 0.3 is 0 Å². The van der Waals surface area contributed by atoms with Gasteiger partial charge in [0.2, 0.25) is 10.0 Å². The van der Waals surface area contributed by atoms with Gasteiger partial charge in [0, 0.05) is 42.1 Å². The molecule has 1 aliphatic rings. The highest BCUT2D eigenvalue weighted by Crippen LogP contribution is 2.28. The number of fused-ring (bicyclic) bond motifs is 3. The third kappa shape index (κ3) is 3.27. The summed E-state index contributed by atoms with van der Waals surface area (Å²) in [6.45, 7) is 3.93. The van der Waals surface area contributed by atoms with Crippen molar-refractivity contribution < 1.29 is 8.42 Å². The summed E-state index contributed by atoms with van der Waals surface area (Å²) < 4.78 is 30.2. The molecular formula is C21H20BrN5O2S. The minimum Gasteiger partial charge on any atom is -0.353 e. The minimum atomic E-state index is -3.52. The molecule has 9 heteroatoms. The number of rotatable bonds is 3. The molecule has 1 saturated heterocycles. The molecule has 0 N–H and O–H groups in total. The smallest absolute Gasteiger partial charge is 0.243 e. The van der Waals surface area contributed by atoms with Gasteiger partial charge in [-0.2, -0.15) is 9.40 Å². The normalized spacial score (nSPS) is 15.9. The summed E-state index contributed by atoms with van der Waals surface area (Å²) >= 11 is 3.36. The Bertz CT molecular complexity index is 1360. The van der Waals surface area contributed by atoms with Gasteiger partial charge in [0.25, 0.3) is 0 Å². The molecule has 7 nitrogen and oxygen atoms in total. The highest BCUT2D eigenvalue weighted by Gasteiger charge is 2.30. The SMILES string of the molecule is Cc1cc2nc(N3CCN(S(=O)(=O)c4cccc(Br)c4)CC3)c3ccccc3n2n1. The molecule has 1 fully saturated rings. The Kier molecular flexibility index (Phi) is 4.76. The fourth-order valence-corrected chi connectivity index (χ4v) is 5.94. The van der Waals surface area contributed by atoms with Crippen molar-refractivity contribution in [2.75, 3.05) is 31.1 Å². The van der Waals surface area contributed by atoms with Crippen LogP contribution in [0.25, 0.3) is 16.6 Å². The van der Waals surface area contributed by atoms with Crippen molar-refractivity contribution in [3.05, 3.63) is 64.8 Å². The van der Waals surface area contributed by atoms with Crippen molar-refractivity contribution in [2.45, 2.75) is 11.8 Å². The molecule has 2 aromatic heterocycles. The van der Waals surface area contributed by atoms with Crippen LogP contribution in [0, 0.1) is 6.92 Å². The van der Waals surface area contributed by atoms with Gasteiger partial charge < -0.3 is 4.90 Å².